The summed E-state index contributed by atoms with van der Waals surface area (Å²) in [5, 5.41) is 2.92. The zero-order valence-corrected chi connectivity index (χ0v) is 19.9. The minimum absolute atomic E-state index is 0.0178. The highest BCUT2D eigenvalue weighted by Gasteiger charge is 2.19. The number of allylic oxidation sites excluding steroid dienone is 2. The lowest BCUT2D eigenvalue weighted by atomic mass is 10.1. The van der Waals surface area contributed by atoms with Crippen LogP contribution in [0, 0.1) is 5.92 Å². The quantitative estimate of drug-likeness (QED) is 0.201. The van der Waals surface area contributed by atoms with Crippen LogP contribution in [0.2, 0.25) is 0 Å². The number of benzene rings is 2. The first kappa shape index (κ1) is 26.1. The van der Waals surface area contributed by atoms with Gasteiger partial charge in [-0.05, 0) is 54.9 Å². The van der Waals surface area contributed by atoms with E-state index in [1.54, 1.807) is 18.2 Å². The Morgan fingerprint density at radius 2 is 1.79 bits per heavy atom. The molecule has 33 heavy (non-hydrogen) atoms. The van der Waals surface area contributed by atoms with Crippen molar-refractivity contribution in [3.63, 3.8) is 0 Å². The fourth-order valence-electron chi connectivity index (χ4n) is 3.25. The number of hydrogen-bond donors (Lipinski definition) is 2. The normalized spacial score (nSPS) is 12.0. The maximum absolute atomic E-state index is 12.4. The summed E-state index contributed by atoms with van der Waals surface area (Å²) in [7, 11) is 1.51. The van der Waals surface area contributed by atoms with Crippen molar-refractivity contribution in [3.8, 4) is 11.5 Å². The molecule has 0 aromatic heterocycles. The van der Waals surface area contributed by atoms with Crippen molar-refractivity contribution >= 4 is 11.9 Å². The third kappa shape index (κ3) is 9.91. The molecule has 0 fully saturated rings. The molecule has 178 valence electrons. The molecular formula is C27H36N2O4. The number of hydrogen-bond acceptors (Lipinski definition) is 5. The average molecular weight is 453 g/mol. The van der Waals surface area contributed by atoms with Crippen LogP contribution in [0.5, 0.6) is 11.5 Å². The van der Waals surface area contributed by atoms with Crippen LogP contribution in [-0.4, -0.2) is 25.0 Å². The summed E-state index contributed by atoms with van der Waals surface area (Å²) in [5.41, 5.74) is 7.83. The Kier molecular flexibility index (Phi) is 11.2. The van der Waals surface area contributed by atoms with E-state index in [-0.39, 0.29) is 5.91 Å². The Hall–Kier alpha value is -3.12. The lowest BCUT2D eigenvalue weighted by Gasteiger charge is -2.14. The molecule has 0 radical (unpaired) electrons. The van der Waals surface area contributed by atoms with Gasteiger partial charge >= 0.3 is 5.97 Å². The number of methoxy groups -OCH3 is 1. The number of rotatable bonds is 13. The summed E-state index contributed by atoms with van der Waals surface area (Å²) < 4.78 is 10.8. The van der Waals surface area contributed by atoms with E-state index in [1.807, 2.05) is 30.3 Å². The van der Waals surface area contributed by atoms with Crippen LogP contribution in [0.1, 0.15) is 50.7 Å². The van der Waals surface area contributed by atoms with E-state index < -0.39 is 12.0 Å². The van der Waals surface area contributed by atoms with Crippen LogP contribution in [0.15, 0.2) is 60.7 Å². The number of nitrogens with two attached hydrogens (primary N) is 1. The van der Waals surface area contributed by atoms with Gasteiger partial charge in [-0.1, -0.05) is 62.4 Å². The minimum atomic E-state index is -0.781. The molecular weight excluding hydrogens is 416 g/mol. The number of esters is 1. The maximum atomic E-state index is 12.4. The molecule has 2 rings (SSSR count). The maximum Gasteiger partial charge on any atom is 0.328 e. The van der Waals surface area contributed by atoms with E-state index in [2.05, 4.69) is 31.3 Å². The summed E-state index contributed by atoms with van der Waals surface area (Å²) >= 11 is 0. The van der Waals surface area contributed by atoms with Crippen molar-refractivity contribution in [2.75, 3.05) is 7.11 Å². The molecule has 0 spiro atoms. The largest absolute Gasteiger partial charge is 0.493 e. The molecule has 0 heterocycles. The molecule has 1 amide bonds. The van der Waals surface area contributed by atoms with Gasteiger partial charge in [-0.25, -0.2) is 4.79 Å². The number of amides is 1. The van der Waals surface area contributed by atoms with Crippen LogP contribution in [0.25, 0.3) is 0 Å². The first-order chi connectivity index (χ1) is 15.9. The van der Waals surface area contributed by atoms with E-state index >= 15 is 0 Å². The van der Waals surface area contributed by atoms with E-state index in [4.69, 9.17) is 15.2 Å². The molecule has 0 unspecified atom stereocenters. The fourth-order valence-corrected chi connectivity index (χ4v) is 3.25. The average Bonchev–Trinajstić information content (AvgIpc) is 2.81. The van der Waals surface area contributed by atoms with E-state index in [0.29, 0.717) is 36.8 Å². The van der Waals surface area contributed by atoms with Gasteiger partial charge < -0.3 is 20.5 Å². The highest BCUT2D eigenvalue weighted by molar-refractivity contribution is 5.79. The fraction of sp³-hybridized carbons (Fsp3) is 0.407. The second-order valence-electron chi connectivity index (χ2n) is 8.40. The van der Waals surface area contributed by atoms with Crippen molar-refractivity contribution in [3.05, 3.63) is 71.8 Å². The third-order valence-corrected chi connectivity index (χ3v) is 5.08. The van der Waals surface area contributed by atoms with Crippen LogP contribution in [0.3, 0.4) is 0 Å². The topological polar surface area (TPSA) is 90.6 Å². The van der Waals surface area contributed by atoms with Gasteiger partial charge in [0, 0.05) is 13.0 Å². The molecule has 0 aliphatic heterocycles. The Morgan fingerprint density at radius 1 is 1.03 bits per heavy atom. The lowest BCUT2D eigenvalue weighted by Crippen LogP contribution is -2.36. The molecule has 0 saturated carbocycles. The van der Waals surface area contributed by atoms with Gasteiger partial charge in [0.2, 0.25) is 5.91 Å². The summed E-state index contributed by atoms with van der Waals surface area (Å²) in [6.07, 6.45) is 8.11. The lowest BCUT2D eigenvalue weighted by molar-refractivity contribution is -0.136. The van der Waals surface area contributed by atoms with Crippen LogP contribution in [-0.2, 0) is 22.6 Å². The molecule has 0 aliphatic carbocycles. The molecule has 0 bridgehead atoms. The predicted molar refractivity (Wildman–Crippen MR) is 131 cm³/mol. The van der Waals surface area contributed by atoms with Gasteiger partial charge in [-0.15, -0.1) is 0 Å². The molecule has 1 atom stereocenters. The molecule has 0 aliphatic rings. The number of unbranched alkanes of at least 4 members (excludes halogenated alkanes) is 2. The summed E-state index contributed by atoms with van der Waals surface area (Å²) in [6, 6.07) is 14.0. The predicted octanol–water partition coefficient (Wildman–Crippen LogP) is 4.56. The third-order valence-electron chi connectivity index (χ3n) is 5.08. The number of carbonyl (C=O) groups is 2. The van der Waals surface area contributed by atoms with E-state index in [0.717, 1.165) is 30.4 Å². The van der Waals surface area contributed by atoms with Crippen molar-refractivity contribution in [2.45, 2.75) is 58.5 Å². The Labute approximate surface area is 197 Å². The number of ether oxygens (including phenoxy) is 2. The van der Waals surface area contributed by atoms with E-state index in [1.165, 1.54) is 7.11 Å². The standard InChI is InChI=1S/C27H36N2O4/c1-20(2)11-7-4-5-10-14-26(30)29-19-22-15-16-24(25(18-22)32-3)33-27(31)23(28)17-21-12-8-6-9-13-21/h6-9,11-13,15-16,18,20,23H,4-5,10,14,17,19,28H2,1-3H3,(H,29,30)/b11-7+/t23-/m0/s1. The van der Waals surface area contributed by atoms with Gasteiger partial charge in [0.05, 0.1) is 7.11 Å². The Bertz CT molecular complexity index is 910. The van der Waals surface area contributed by atoms with Crippen LogP contribution >= 0.6 is 0 Å². The van der Waals surface area contributed by atoms with Gasteiger partial charge in [-0.3, -0.25) is 4.79 Å². The zero-order valence-electron chi connectivity index (χ0n) is 19.9. The van der Waals surface area contributed by atoms with Gasteiger partial charge in [0.15, 0.2) is 11.5 Å². The number of nitrogens with one attached hydrogen (secondary N) is 1. The van der Waals surface area contributed by atoms with Gasteiger partial charge in [0.1, 0.15) is 6.04 Å². The summed E-state index contributed by atoms with van der Waals surface area (Å²) in [4.78, 5) is 24.5. The van der Waals surface area contributed by atoms with Gasteiger partial charge in [0.25, 0.3) is 0 Å². The minimum Gasteiger partial charge on any atom is -0.493 e. The molecule has 6 nitrogen and oxygen atoms in total. The summed E-state index contributed by atoms with van der Waals surface area (Å²) in [5.74, 6) is 0.770. The first-order valence-electron chi connectivity index (χ1n) is 11.5. The van der Waals surface area contributed by atoms with E-state index in [9.17, 15) is 9.59 Å². The first-order valence-corrected chi connectivity index (χ1v) is 11.5. The second kappa shape index (κ2) is 14.1. The molecule has 0 saturated heterocycles. The monoisotopic (exact) mass is 452 g/mol. The molecule has 3 N–H and O–H groups in total. The van der Waals surface area contributed by atoms with Crippen molar-refractivity contribution in [1.29, 1.82) is 0 Å². The van der Waals surface area contributed by atoms with Crippen molar-refractivity contribution in [1.82, 2.24) is 5.32 Å². The highest BCUT2D eigenvalue weighted by Crippen LogP contribution is 2.28. The van der Waals surface area contributed by atoms with Gasteiger partial charge in [-0.2, -0.15) is 0 Å². The van der Waals surface area contributed by atoms with Crippen molar-refractivity contribution < 1.29 is 19.1 Å². The molecule has 2 aromatic rings. The van der Waals surface area contributed by atoms with Crippen LogP contribution in [0.4, 0.5) is 0 Å². The summed E-state index contributed by atoms with van der Waals surface area (Å²) in [6.45, 7) is 4.68. The van der Waals surface area contributed by atoms with Crippen molar-refractivity contribution in [2.24, 2.45) is 11.7 Å². The SMILES string of the molecule is COc1cc(CNC(=O)CCCC/C=C/C(C)C)ccc1OC(=O)[C@@H](N)Cc1ccccc1. The zero-order chi connectivity index (χ0) is 24.1. The Balaban J connectivity index is 1.81. The number of carbonyl (C=O) groups excluding carboxylic acids is 2. The highest BCUT2D eigenvalue weighted by atomic mass is 16.6. The Morgan fingerprint density at radius 3 is 2.48 bits per heavy atom. The van der Waals surface area contributed by atoms with Crippen LogP contribution < -0.4 is 20.5 Å². The smallest absolute Gasteiger partial charge is 0.328 e. The second-order valence-corrected chi connectivity index (χ2v) is 8.40. The molecule has 2 aromatic carbocycles. The molecule has 6 heteroatoms.